The smallest absolute Gasteiger partial charge is 0.262 e. The van der Waals surface area contributed by atoms with E-state index >= 15 is 0 Å². The second kappa shape index (κ2) is 6.42. The number of carbonyl (C=O) groups excluding carboxylic acids is 2. The summed E-state index contributed by atoms with van der Waals surface area (Å²) >= 11 is 5.90. The van der Waals surface area contributed by atoms with Gasteiger partial charge in [-0.3, -0.25) is 14.2 Å². The lowest BCUT2D eigenvalue weighted by Gasteiger charge is -2.08. The van der Waals surface area contributed by atoms with Crippen LogP contribution in [0.15, 0.2) is 30.3 Å². The Balaban J connectivity index is 2.37. The number of hydrogen-bond acceptors (Lipinski definition) is 3. The van der Waals surface area contributed by atoms with Crippen LogP contribution in [-0.4, -0.2) is 21.5 Å². The molecule has 2 aromatic carbocycles. The van der Waals surface area contributed by atoms with Crippen molar-refractivity contribution in [3.8, 4) is 5.75 Å². The highest BCUT2D eigenvalue weighted by atomic mass is 35.5. The number of hydrogen-bond donors (Lipinski definition) is 2. The number of aromatic nitrogens is 1. The van der Waals surface area contributed by atoms with Crippen molar-refractivity contribution in [3.63, 3.8) is 0 Å². The summed E-state index contributed by atoms with van der Waals surface area (Å²) in [4.78, 5) is 24.3. The first kappa shape index (κ1) is 17.9. The van der Waals surface area contributed by atoms with E-state index in [4.69, 9.17) is 17.3 Å². The molecule has 0 saturated carbocycles. The van der Waals surface area contributed by atoms with Gasteiger partial charge in [0.05, 0.1) is 11.9 Å². The lowest BCUT2D eigenvalue weighted by atomic mass is 10.1. The first-order chi connectivity index (χ1) is 12.2. The topological polar surface area (TPSA) is 85.3 Å². The summed E-state index contributed by atoms with van der Waals surface area (Å²) in [7, 11) is 0. The van der Waals surface area contributed by atoms with Gasteiger partial charge >= 0.3 is 0 Å². The maximum atomic E-state index is 14.5. The van der Waals surface area contributed by atoms with Crippen LogP contribution in [0.5, 0.6) is 5.75 Å². The Hall–Kier alpha value is -2.93. The highest BCUT2D eigenvalue weighted by molar-refractivity contribution is 6.31. The maximum Gasteiger partial charge on any atom is 0.262 e. The van der Waals surface area contributed by atoms with Crippen molar-refractivity contribution in [2.75, 3.05) is 0 Å². The predicted molar refractivity (Wildman–Crippen MR) is 92.3 cm³/mol. The lowest BCUT2D eigenvalue weighted by Crippen LogP contribution is -2.16. The number of rotatable bonds is 3. The van der Waals surface area contributed by atoms with Crippen molar-refractivity contribution < 1.29 is 23.5 Å². The van der Waals surface area contributed by atoms with Crippen LogP contribution in [0.1, 0.15) is 21.6 Å². The molecule has 134 valence electrons. The van der Waals surface area contributed by atoms with Crippen LogP contribution >= 0.6 is 11.6 Å². The number of aromatic hydroxyl groups is 1. The van der Waals surface area contributed by atoms with Gasteiger partial charge in [-0.05, 0) is 30.7 Å². The number of nitrogens with zero attached hydrogens (tertiary/aromatic N) is 1. The molecule has 0 unspecified atom stereocenters. The van der Waals surface area contributed by atoms with Crippen molar-refractivity contribution in [1.29, 1.82) is 0 Å². The number of phenols is 1. The SMILES string of the molecule is Cc1c(CC(N)=O)c2c(F)c(O)c(F)cc2n1C(=O)c1cccc(Cl)c1. The molecule has 0 fully saturated rings. The standard InChI is InChI=1S/C18H13ClF2N2O3/c1-8-11(6-14(22)24)15-13(7-12(20)17(25)16(15)21)23(8)18(26)9-3-2-4-10(19)5-9/h2-5,7,25H,6H2,1H3,(H2,22,24). The van der Waals surface area contributed by atoms with E-state index in [-0.39, 0.29) is 34.1 Å². The first-order valence-electron chi connectivity index (χ1n) is 7.51. The number of primary amides is 1. The van der Waals surface area contributed by atoms with E-state index in [0.717, 1.165) is 10.6 Å². The number of carbonyl (C=O) groups is 2. The zero-order valence-electron chi connectivity index (χ0n) is 13.5. The molecule has 0 atom stereocenters. The Morgan fingerprint density at radius 2 is 1.96 bits per heavy atom. The normalized spacial score (nSPS) is 11.1. The molecule has 0 aliphatic carbocycles. The summed E-state index contributed by atoms with van der Waals surface area (Å²) in [6, 6.07) is 6.90. The van der Waals surface area contributed by atoms with E-state index in [1.54, 1.807) is 12.1 Å². The highest BCUT2D eigenvalue weighted by Gasteiger charge is 2.26. The van der Waals surface area contributed by atoms with E-state index in [1.165, 1.54) is 19.1 Å². The zero-order chi connectivity index (χ0) is 19.2. The molecule has 1 amide bonds. The van der Waals surface area contributed by atoms with Gasteiger partial charge in [0, 0.05) is 27.7 Å². The van der Waals surface area contributed by atoms with Crippen molar-refractivity contribution >= 4 is 34.3 Å². The van der Waals surface area contributed by atoms with E-state index in [9.17, 15) is 23.5 Å². The number of amides is 1. The van der Waals surface area contributed by atoms with Gasteiger partial charge in [0.1, 0.15) is 0 Å². The minimum absolute atomic E-state index is 0.107. The van der Waals surface area contributed by atoms with Gasteiger partial charge in [-0.15, -0.1) is 0 Å². The van der Waals surface area contributed by atoms with E-state index in [2.05, 4.69) is 0 Å². The van der Waals surface area contributed by atoms with Crippen molar-refractivity contribution in [2.45, 2.75) is 13.3 Å². The molecule has 3 N–H and O–H groups in total. The number of phenolic OH excluding ortho intramolecular Hbond substituents is 1. The minimum atomic E-state index is -1.25. The summed E-state index contributed by atoms with van der Waals surface area (Å²) < 4.78 is 29.5. The number of fused-ring (bicyclic) bond motifs is 1. The van der Waals surface area contributed by atoms with E-state index in [1.807, 2.05) is 0 Å². The number of nitrogens with two attached hydrogens (primary N) is 1. The van der Waals surface area contributed by atoms with Crippen molar-refractivity contribution in [2.24, 2.45) is 5.73 Å². The summed E-state index contributed by atoms with van der Waals surface area (Å²) in [5, 5.41) is 9.67. The van der Waals surface area contributed by atoms with Gasteiger partial charge in [-0.2, -0.15) is 0 Å². The number of halogens is 3. The Bertz CT molecular complexity index is 1080. The average molecular weight is 379 g/mol. The molecule has 1 aromatic heterocycles. The van der Waals surface area contributed by atoms with Crippen molar-refractivity contribution in [1.82, 2.24) is 4.57 Å². The monoisotopic (exact) mass is 378 g/mol. The second-order valence-electron chi connectivity index (χ2n) is 5.77. The third kappa shape index (κ3) is 2.80. The Labute approximate surface area is 151 Å². The van der Waals surface area contributed by atoms with Gasteiger partial charge in [0.2, 0.25) is 5.91 Å². The van der Waals surface area contributed by atoms with E-state index in [0.29, 0.717) is 5.02 Å². The Morgan fingerprint density at radius 1 is 1.27 bits per heavy atom. The molecule has 3 rings (SSSR count). The molecule has 0 bridgehead atoms. The molecule has 5 nitrogen and oxygen atoms in total. The molecule has 3 aromatic rings. The van der Waals surface area contributed by atoms with Crippen LogP contribution in [0.4, 0.5) is 8.78 Å². The quantitative estimate of drug-likeness (QED) is 0.733. The summed E-state index contributed by atoms with van der Waals surface area (Å²) in [6.07, 6.45) is -0.375. The molecule has 8 heteroatoms. The lowest BCUT2D eigenvalue weighted by molar-refractivity contribution is -0.117. The Morgan fingerprint density at radius 3 is 2.58 bits per heavy atom. The largest absolute Gasteiger partial charge is 0.503 e. The third-order valence-corrected chi connectivity index (χ3v) is 4.35. The molecule has 0 radical (unpaired) electrons. The highest BCUT2D eigenvalue weighted by Crippen LogP contribution is 2.35. The molecule has 0 spiro atoms. The van der Waals surface area contributed by atoms with Gasteiger partial charge in [-0.1, -0.05) is 17.7 Å². The molecule has 0 aliphatic heterocycles. The van der Waals surface area contributed by atoms with Gasteiger partial charge in [-0.25, -0.2) is 8.78 Å². The van der Waals surface area contributed by atoms with Crippen LogP contribution in [0.25, 0.3) is 10.9 Å². The fourth-order valence-electron chi connectivity index (χ4n) is 2.96. The van der Waals surface area contributed by atoms with E-state index < -0.39 is 29.2 Å². The maximum absolute atomic E-state index is 14.5. The summed E-state index contributed by atoms with van der Waals surface area (Å²) in [6.45, 7) is 1.48. The zero-order valence-corrected chi connectivity index (χ0v) is 14.3. The fourth-order valence-corrected chi connectivity index (χ4v) is 3.15. The number of benzene rings is 2. The van der Waals surface area contributed by atoms with Gasteiger partial charge in [0.15, 0.2) is 17.4 Å². The van der Waals surface area contributed by atoms with Crippen LogP contribution in [-0.2, 0) is 11.2 Å². The third-order valence-electron chi connectivity index (χ3n) is 4.11. The van der Waals surface area contributed by atoms with Crippen LogP contribution in [0.3, 0.4) is 0 Å². The molecule has 0 saturated heterocycles. The summed E-state index contributed by atoms with van der Waals surface area (Å²) in [5.41, 5.74) is 5.61. The predicted octanol–water partition coefficient (Wildman–Crippen LogP) is 3.30. The first-order valence-corrected chi connectivity index (χ1v) is 7.89. The molecule has 0 aliphatic rings. The Kier molecular flexibility index (Phi) is 4.41. The molecular weight excluding hydrogens is 366 g/mol. The summed E-state index contributed by atoms with van der Waals surface area (Å²) in [5.74, 6) is -5.01. The molecule has 1 heterocycles. The second-order valence-corrected chi connectivity index (χ2v) is 6.21. The fraction of sp³-hybridized carbons (Fsp3) is 0.111. The van der Waals surface area contributed by atoms with Gasteiger partial charge < -0.3 is 10.8 Å². The van der Waals surface area contributed by atoms with Crippen LogP contribution in [0.2, 0.25) is 5.02 Å². The van der Waals surface area contributed by atoms with Crippen LogP contribution < -0.4 is 5.73 Å². The average Bonchev–Trinajstić information content (AvgIpc) is 2.83. The van der Waals surface area contributed by atoms with Gasteiger partial charge in [0.25, 0.3) is 5.91 Å². The van der Waals surface area contributed by atoms with Crippen LogP contribution in [0, 0.1) is 18.6 Å². The minimum Gasteiger partial charge on any atom is -0.503 e. The molecule has 26 heavy (non-hydrogen) atoms. The molecular formula is C18H13ClF2N2O3. The van der Waals surface area contributed by atoms with Crippen molar-refractivity contribution in [3.05, 3.63) is 63.8 Å².